The highest BCUT2D eigenvalue weighted by molar-refractivity contribution is 5.95. The van der Waals surface area contributed by atoms with Gasteiger partial charge in [-0.1, -0.05) is 12.1 Å². The van der Waals surface area contributed by atoms with E-state index >= 15 is 0 Å². The van der Waals surface area contributed by atoms with Crippen LogP contribution in [0.2, 0.25) is 0 Å². The van der Waals surface area contributed by atoms with Crippen LogP contribution in [0.5, 0.6) is 5.75 Å². The van der Waals surface area contributed by atoms with Crippen molar-refractivity contribution in [3.8, 4) is 16.9 Å². The number of hydrogen-bond acceptors (Lipinski definition) is 4. The number of nitro benzene ring substituents is 1. The minimum atomic E-state index is -0.724. The molecule has 22 heavy (non-hydrogen) atoms. The predicted molar refractivity (Wildman–Crippen MR) is 78.2 cm³/mol. The lowest BCUT2D eigenvalue weighted by molar-refractivity contribution is -0.385. The number of aromatic hydroxyl groups is 1. The molecule has 0 atom stereocenters. The summed E-state index contributed by atoms with van der Waals surface area (Å²) >= 11 is 0. The number of rotatable bonds is 4. The molecule has 0 radical (unpaired) electrons. The van der Waals surface area contributed by atoms with Crippen molar-refractivity contribution < 1.29 is 19.2 Å². The Kier molecular flexibility index (Phi) is 4.36. The van der Waals surface area contributed by atoms with E-state index in [1.54, 1.807) is 6.92 Å². The van der Waals surface area contributed by atoms with Gasteiger partial charge in [-0.05, 0) is 36.2 Å². The van der Waals surface area contributed by atoms with E-state index in [4.69, 9.17) is 0 Å². The molecule has 0 saturated carbocycles. The van der Waals surface area contributed by atoms with Crippen LogP contribution in [0.25, 0.3) is 11.1 Å². The third kappa shape index (κ3) is 3.03. The van der Waals surface area contributed by atoms with Gasteiger partial charge in [-0.25, -0.2) is 4.39 Å². The summed E-state index contributed by atoms with van der Waals surface area (Å²) in [5.74, 6) is -1.71. The Labute approximate surface area is 125 Å². The molecule has 0 spiro atoms. The van der Waals surface area contributed by atoms with Crippen LogP contribution in [0, 0.1) is 15.9 Å². The lowest BCUT2D eigenvalue weighted by Gasteiger charge is -2.07. The normalized spacial score (nSPS) is 10.3. The summed E-state index contributed by atoms with van der Waals surface area (Å²) < 4.78 is 14.0. The largest absolute Gasteiger partial charge is 0.502 e. The van der Waals surface area contributed by atoms with Crippen LogP contribution in [-0.2, 0) is 0 Å². The van der Waals surface area contributed by atoms with Crippen LogP contribution in [0.3, 0.4) is 0 Å². The number of amides is 1. The maximum absolute atomic E-state index is 14.0. The van der Waals surface area contributed by atoms with Crippen molar-refractivity contribution in [2.45, 2.75) is 6.92 Å². The topological polar surface area (TPSA) is 92.5 Å². The lowest BCUT2D eigenvalue weighted by atomic mass is 10.0. The highest BCUT2D eigenvalue weighted by Gasteiger charge is 2.16. The Morgan fingerprint density at radius 1 is 1.27 bits per heavy atom. The second-order valence-corrected chi connectivity index (χ2v) is 4.51. The Hall–Kier alpha value is -2.96. The Morgan fingerprint density at radius 3 is 2.50 bits per heavy atom. The van der Waals surface area contributed by atoms with Gasteiger partial charge < -0.3 is 10.4 Å². The van der Waals surface area contributed by atoms with Crippen molar-refractivity contribution in [2.75, 3.05) is 6.54 Å². The summed E-state index contributed by atoms with van der Waals surface area (Å²) in [4.78, 5) is 21.7. The van der Waals surface area contributed by atoms with Gasteiger partial charge in [0.15, 0.2) is 5.75 Å². The van der Waals surface area contributed by atoms with Gasteiger partial charge in [0.05, 0.1) is 10.5 Å². The summed E-state index contributed by atoms with van der Waals surface area (Å²) in [6.45, 7) is 2.10. The number of phenolic OH excluding ortho intramolecular Hbond substituents is 1. The summed E-state index contributed by atoms with van der Waals surface area (Å²) in [5, 5.41) is 22.7. The molecule has 0 aliphatic carbocycles. The molecule has 2 rings (SSSR count). The second kappa shape index (κ2) is 6.21. The number of benzene rings is 2. The van der Waals surface area contributed by atoms with E-state index in [1.165, 1.54) is 24.3 Å². The van der Waals surface area contributed by atoms with Crippen molar-refractivity contribution in [1.82, 2.24) is 5.32 Å². The SMILES string of the molecule is CCNC(=O)c1ccc(-c2ccc(O)c([N+](=O)[O-])c2)cc1F. The highest BCUT2D eigenvalue weighted by Crippen LogP contribution is 2.31. The summed E-state index contributed by atoms with van der Waals surface area (Å²) in [6, 6.07) is 7.68. The number of phenols is 1. The van der Waals surface area contributed by atoms with E-state index in [1.807, 2.05) is 0 Å². The zero-order valence-corrected chi connectivity index (χ0v) is 11.7. The van der Waals surface area contributed by atoms with Crippen LogP contribution < -0.4 is 5.32 Å². The van der Waals surface area contributed by atoms with Crippen LogP contribution in [0.15, 0.2) is 36.4 Å². The smallest absolute Gasteiger partial charge is 0.311 e. The van der Waals surface area contributed by atoms with E-state index in [2.05, 4.69) is 5.32 Å². The fourth-order valence-corrected chi connectivity index (χ4v) is 1.98. The van der Waals surface area contributed by atoms with Crippen molar-refractivity contribution >= 4 is 11.6 Å². The lowest BCUT2D eigenvalue weighted by Crippen LogP contribution is -2.23. The van der Waals surface area contributed by atoms with Gasteiger partial charge in [-0.15, -0.1) is 0 Å². The molecule has 0 bridgehead atoms. The molecule has 0 fully saturated rings. The van der Waals surface area contributed by atoms with Crippen LogP contribution >= 0.6 is 0 Å². The molecule has 114 valence electrons. The molecule has 7 heteroatoms. The minimum Gasteiger partial charge on any atom is -0.502 e. The first kappa shape index (κ1) is 15.4. The Morgan fingerprint density at radius 2 is 1.91 bits per heavy atom. The molecule has 0 saturated heterocycles. The Balaban J connectivity index is 2.42. The fraction of sp³-hybridized carbons (Fsp3) is 0.133. The molecule has 2 aromatic rings. The van der Waals surface area contributed by atoms with E-state index in [0.29, 0.717) is 17.7 Å². The predicted octanol–water partition coefficient (Wildman–Crippen LogP) is 2.86. The monoisotopic (exact) mass is 304 g/mol. The number of carbonyl (C=O) groups excluding carboxylic acids is 1. The number of hydrogen-bond donors (Lipinski definition) is 2. The molecule has 0 aliphatic rings. The van der Waals surface area contributed by atoms with Gasteiger partial charge in [0.25, 0.3) is 5.91 Å². The van der Waals surface area contributed by atoms with Gasteiger partial charge in [0, 0.05) is 12.6 Å². The van der Waals surface area contributed by atoms with Gasteiger partial charge in [-0.2, -0.15) is 0 Å². The van der Waals surface area contributed by atoms with Crippen LogP contribution in [0.1, 0.15) is 17.3 Å². The first-order valence-electron chi connectivity index (χ1n) is 6.49. The van der Waals surface area contributed by atoms with E-state index < -0.39 is 28.1 Å². The van der Waals surface area contributed by atoms with Crippen LogP contribution in [0.4, 0.5) is 10.1 Å². The van der Waals surface area contributed by atoms with Gasteiger partial charge in [-0.3, -0.25) is 14.9 Å². The third-order valence-corrected chi connectivity index (χ3v) is 3.06. The number of nitrogens with one attached hydrogen (secondary N) is 1. The quantitative estimate of drug-likeness (QED) is 0.671. The van der Waals surface area contributed by atoms with Crippen molar-refractivity contribution in [3.63, 3.8) is 0 Å². The minimum absolute atomic E-state index is 0.0983. The molecular weight excluding hydrogens is 291 g/mol. The van der Waals surface area contributed by atoms with Crippen LogP contribution in [-0.4, -0.2) is 22.5 Å². The highest BCUT2D eigenvalue weighted by atomic mass is 19.1. The third-order valence-electron chi connectivity index (χ3n) is 3.06. The number of nitro groups is 1. The molecule has 6 nitrogen and oxygen atoms in total. The van der Waals surface area contributed by atoms with Gasteiger partial charge in [0.1, 0.15) is 5.82 Å². The first-order valence-corrected chi connectivity index (χ1v) is 6.49. The molecule has 2 aromatic carbocycles. The molecule has 0 unspecified atom stereocenters. The summed E-state index contributed by atoms with van der Waals surface area (Å²) in [6.07, 6.45) is 0. The molecule has 0 aromatic heterocycles. The van der Waals surface area contributed by atoms with E-state index in [0.717, 1.165) is 12.1 Å². The van der Waals surface area contributed by atoms with E-state index in [-0.39, 0.29) is 5.56 Å². The average Bonchev–Trinajstić information content (AvgIpc) is 2.47. The van der Waals surface area contributed by atoms with Crippen molar-refractivity contribution in [2.24, 2.45) is 0 Å². The molecule has 1 amide bonds. The standard InChI is InChI=1S/C15H13FN2O4/c1-2-17-15(20)11-5-3-9(7-12(11)16)10-4-6-14(19)13(8-10)18(21)22/h3-8,19H,2H2,1H3,(H,17,20). The molecule has 2 N–H and O–H groups in total. The molecule has 0 aliphatic heterocycles. The zero-order chi connectivity index (χ0) is 16.3. The fourth-order valence-electron chi connectivity index (χ4n) is 1.98. The first-order chi connectivity index (χ1) is 10.4. The number of halogens is 1. The number of nitrogens with zero attached hydrogens (tertiary/aromatic N) is 1. The van der Waals surface area contributed by atoms with E-state index in [9.17, 15) is 24.4 Å². The Bertz CT molecular complexity index is 746. The average molecular weight is 304 g/mol. The zero-order valence-electron chi connectivity index (χ0n) is 11.7. The second-order valence-electron chi connectivity index (χ2n) is 4.51. The van der Waals surface area contributed by atoms with Crippen molar-refractivity contribution in [3.05, 3.63) is 57.9 Å². The maximum atomic E-state index is 14.0. The maximum Gasteiger partial charge on any atom is 0.311 e. The van der Waals surface area contributed by atoms with Crippen molar-refractivity contribution in [1.29, 1.82) is 0 Å². The molecular formula is C15H13FN2O4. The van der Waals surface area contributed by atoms with Gasteiger partial charge in [0.2, 0.25) is 0 Å². The summed E-state index contributed by atoms with van der Waals surface area (Å²) in [5.41, 5.74) is 0.170. The van der Waals surface area contributed by atoms with Gasteiger partial charge >= 0.3 is 5.69 Å². The molecule has 0 heterocycles. The number of carbonyl (C=O) groups is 1. The summed E-state index contributed by atoms with van der Waals surface area (Å²) in [7, 11) is 0.